The molecule has 0 aliphatic carbocycles. The molecule has 0 aliphatic heterocycles. The van der Waals surface area contributed by atoms with E-state index in [9.17, 15) is 9.59 Å². The van der Waals surface area contributed by atoms with Crippen LogP contribution in [0.2, 0.25) is 0 Å². The first kappa shape index (κ1) is 22.2. The first-order valence-corrected chi connectivity index (χ1v) is 10.4. The number of hydrogen-bond donors (Lipinski definition) is 1. The van der Waals surface area contributed by atoms with E-state index in [2.05, 4.69) is 26.5 Å². The number of aryl methyl sites for hydroxylation is 1. The predicted molar refractivity (Wildman–Crippen MR) is 123 cm³/mol. The van der Waals surface area contributed by atoms with Crippen molar-refractivity contribution in [2.45, 2.75) is 13.8 Å². The third kappa shape index (κ3) is 6.26. The van der Waals surface area contributed by atoms with Crippen molar-refractivity contribution in [1.82, 2.24) is 5.43 Å². The minimum Gasteiger partial charge on any atom is -0.494 e. The van der Waals surface area contributed by atoms with Gasteiger partial charge in [0.15, 0.2) is 0 Å². The summed E-state index contributed by atoms with van der Waals surface area (Å²) in [5, 5.41) is 4.00. The molecule has 3 aromatic carbocycles. The predicted octanol–water partition coefficient (Wildman–Crippen LogP) is 5.14. The lowest BCUT2D eigenvalue weighted by atomic mass is 10.1. The van der Waals surface area contributed by atoms with E-state index in [0.717, 1.165) is 10.0 Å². The zero-order valence-electron chi connectivity index (χ0n) is 17.1. The Hall–Kier alpha value is -3.45. The number of carbonyl (C=O) groups is 2. The first-order chi connectivity index (χ1) is 15.0. The van der Waals surface area contributed by atoms with Gasteiger partial charge in [0.25, 0.3) is 5.91 Å². The number of halogens is 1. The van der Waals surface area contributed by atoms with Crippen LogP contribution in [0.15, 0.2) is 76.3 Å². The van der Waals surface area contributed by atoms with Crippen LogP contribution in [0.25, 0.3) is 0 Å². The number of nitrogens with zero attached hydrogens (tertiary/aromatic N) is 1. The lowest BCUT2D eigenvalue weighted by molar-refractivity contribution is 0.0734. The number of hydrogen-bond acceptors (Lipinski definition) is 5. The fraction of sp³-hybridized carbons (Fsp3) is 0.125. The zero-order chi connectivity index (χ0) is 22.2. The van der Waals surface area contributed by atoms with E-state index in [1.54, 1.807) is 60.7 Å². The highest BCUT2D eigenvalue weighted by Gasteiger charge is 2.12. The van der Waals surface area contributed by atoms with Gasteiger partial charge in [-0.3, -0.25) is 4.79 Å². The number of esters is 1. The number of ether oxygens (including phenoxy) is 2. The van der Waals surface area contributed by atoms with Crippen LogP contribution in [0, 0.1) is 6.92 Å². The second-order valence-electron chi connectivity index (χ2n) is 6.60. The average molecular weight is 481 g/mol. The Bertz CT molecular complexity index is 1110. The molecule has 0 saturated carbocycles. The molecule has 0 aliphatic rings. The molecule has 0 unspecified atom stereocenters. The van der Waals surface area contributed by atoms with Crippen molar-refractivity contribution in [3.05, 3.63) is 93.5 Å². The molecule has 3 rings (SSSR count). The summed E-state index contributed by atoms with van der Waals surface area (Å²) in [6.07, 6.45) is 1.43. The van der Waals surface area contributed by atoms with Crippen LogP contribution in [0.4, 0.5) is 0 Å². The summed E-state index contributed by atoms with van der Waals surface area (Å²) in [5.74, 6) is 0.178. The van der Waals surface area contributed by atoms with Crippen molar-refractivity contribution in [1.29, 1.82) is 0 Å². The van der Waals surface area contributed by atoms with Crippen LogP contribution in [0.5, 0.6) is 11.5 Å². The van der Waals surface area contributed by atoms with Gasteiger partial charge in [-0.25, -0.2) is 10.2 Å². The quantitative estimate of drug-likeness (QED) is 0.220. The monoisotopic (exact) mass is 480 g/mol. The second kappa shape index (κ2) is 10.5. The largest absolute Gasteiger partial charge is 0.494 e. The summed E-state index contributed by atoms with van der Waals surface area (Å²) in [5.41, 5.74) is 4.86. The molecule has 7 heteroatoms. The molecular formula is C24H21BrN2O4. The average Bonchev–Trinajstić information content (AvgIpc) is 2.76. The molecule has 0 fully saturated rings. The van der Waals surface area contributed by atoms with Gasteiger partial charge in [0.1, 0.15) is 11.5 Å². The SMILES string of the molecule is CCOc1ccc(C(=O)NN=Cc2cc(Br)ccc2OC(=O)c2cccc(C)c2)cc1. The number of nitrogens with one attached hydrogen (secondary N) is 1. The Balaban J connectivity index is 1.70. The molecule has 0 saturated heterocycles. The number of benzene rings is 3. The summed E-state index contributed by atoms with van der Waals surface area (Å²) >= 11 is 3.39. The molecule has 158 valence electrons. The van der Waals surface area contributed by atoms with E-state index >= 15 is 0 Å². The van der Waals surface area contributed by atoms with Crippen LogP contribution in [-0.2, 0) is 0 Å². The third-order valence-corrected chi connectivity index (χ3v) is 4.72. The Morgan fingerprint density at radius 1 is 1.03 bits per heavy atom. The highest BCUT2D eigenvalue weighted by Crippen LogP contribution is 2.23. The molecular weight excluding hydrogens is 460 g/mol. The fourth-order valence-electron chi connectivity index (χ4n) is 2.74. The standard InChI is InChI=1S/C24H21BrN2O4/c1-3-30-21-10-7-17(8-11-21)23(28)27-26-15-19-14-20(25)9-12-22(19)31-24(29)18-6-4-5-16(2)13-18/h4-15H,3H2,1-2H3,(H,27,28). The molecule has 0 bridgehead atoms. The van der Waals surface area contributed by atoms with Gasteiger partial charge in [0.05, 0.1) is 18.4 Å². The molecule has 1 N–H and O–H groups in total. The second-order valence-corrected chi connectivity index (χ2v) is 7.51. The van der Waals surface area contributed by atoms with Gasteiger partial charge >= 0.3 is 5.97 Å². The molecule has 3 aromatic rings. The minimum atomic E-state index is -0.473. The smallest absolute Gasteiger partial charge is 0.343 e. The lowest BCUT2D eigenvalue weighted by Gasteiger charge is -2.08. The number of carbonyl (C=O) groups excluding carboxylic acids is 2. The van der Waals surface area contributed by atoms with Crippen molar-refractivity contribution >= 4 is 34.0 Å². The maximum absolute atomic E-state index is 12.5. The van der Waals surface area contributed by atoms with Crippen LogP contribution in [-0.4, -0.2) is 24.7 Å². The molecule has 0 heterocycles. The summed E-state index contributed by atoms with van der Waals surface area (Å²) in [4.78, 5) is 24.8. The maximum Gasteiger partial charge on any atom is 0.343 e. The van der Waals surface area contributed by atoms with Gasteiger partial charge in [-0.2, -0.15) is 5.10 Å². The first-order valence-electron chi connectivity index (χ1n) is 9.61. The van der Waals surface area contributed by atoms with Gasteiger partial charge in [0.2, 0.25) is 0 Å². The zero-order valence-corrected chi connectivity index (χ0v) is 18.7. The Morgan fingerprint density at radius 3 is 2.52 bits per heavy atom. The van der Waals surface area contributed by atoms with Gasteiger partial charge < -0.3 is 9.47 Å². The summed E-state index contributed by atoms with van der Waals surface area (Å²) in [6.45, 7) is 4.35. The van der Waals surface area contributed by atoms with Crippen LogP contribution in [0.3, 0.4) is 0 Å². The van der Waals surface area contributed by atoms with E-state index in [1.807, 2.05) is 19.9 Å². The van der Waals surface area contributed by atoms with Gasteiger partial charge in [-0.15, -0.1) is 0 Å². The van der Waals surface area contributed by atoms with Crippen molar-refractivity contribution in [2.75, 3.05) is 6.61 Å². The van der Waals surface area contributed by atoms with Crippen molar-refractivity contribution in [2.24, 2.45) is 5.10 Å². The van der Waals surface area contributed by atoms with Crippen molar-refractivity contribution < 1.29 is 19.1 Å². The molecule has 0 spiro atoms. The minimum absolute atomic E-state index is 0.328. The van der Waals surface area contributed by atoms with Crippen LogP contribution < -0.4 is 14.9 Å². The Morgan fingerprint density at radius 2 is 1.81 bits per heavy atom. The van der Waals surface area contributed by atoms with Gasteiger partial charge in [0, 0.05) is 15.6 Å². The van der Waals surface area contributed by atoms with E-state index in [0.29, 0.717) is 34.8 Å². The number of amides is 1. The normalized spacial score (nSPS) is 10.7. The van der Waals surface area contributed by atoms with E-state index in [-0.39, 0.29) is 5.91 Å². The summed E-state index contributed by atoms with van der Waals surface area (Å²) in [6, 6.07) is 19.1. The fourth-order valence-corrected chi connectivity index (χ4v) is 3.12. The topological polar surface area (TPSA) is 77.0 Å². The van der Waals surface area contributed by atoms with Crippen LogP contribution >= 0.6 is 15.9 Å². The third-order valence-electron chi connectivity index (χ3n) is 4.23. The Labute approximate surface area is 189 Å². The molecule has 31 heavy (non-hydrogen) atoms. The van der Waals surface area contributed by atoms with Gasteiger partial charge in [-0.1, -0.05) is 33.6 Å². The van der Waals surface area contributed by atoms with Crippen molar-refractivity contribution in [3.63, 3.8) is 0 Å². The van der Waals surface area contributed by atoms with E-state index in [1.165, 1.54) is 6.21 Å². The van der Waals surface area contributed by atoms with E-state index < -0.39 is 5.97 Å². The molecule has 0 atom stereocenters. The number of rotatable bonds is 7. The molecule has 0 aromatic heterocycles. The molecule has 6 nitrogen and oxygen atoms in total. The number of hydrazone groups is 1. The summed E-state index contributed by atoms with van der Waals surface area (Å²) < 4.78 is 11.7. The lowest BCUT2D eigenvalue weighted by Crippen LogP contribution is -2.17. The van der Waals surface area contributed by atoms with Crippen molar-refractivity contribution in [3.8, 4) is 11.5 Å². The molecule has 1 amide bonds. The molecule has 0 radical (unpaired) electrons. The highest BCUT2D eigenvalue weighted by molar-refractivity contribution is 9.10. The van der Waals surface area contributed by atoms with Gasteiger partial charge in [-0.05, 0) is 68.4 Å². The highest BCUT2D eigenvalue weighted by atomic mass is 79.9. The maximum atomic E-state index is 12.5. The van der Waals surface area contributed by atoms with Crippen LogP contribution in [0.1, 0.15) is 38.8 Å². The summed E-state index contributed by atoms with van der Waals surface area (Å²) in [7, 11) is 0. The Kier molecular flexibility index (Phi) is 7.56. The van der Waals surface area contributed by atoms with E-state index in [4.69, 9.17) is 9.47 Å².